The number of hydrogen-bond acceptors (Lipinski definition) is 4. The van der Waals surface area contributed by atoms with Crippen LogP contribution in [0.4, 0.5) is 4.39 Å². The van der Waals surface area contributed by atoms with Crippen LogP contribution >= 0.6 is 0 Å². The predicted molar refractivity (Wildman–Crippen MR) is 106 cm³/mol. The monoisotopic (exact) mass is 392 g/mol. The average Bonchev–Trinajstić information content (AvgIpc) is 3.34. The number of H-pyrrole nitrogens is 1. The first kappa shape index (κ1) is 19.0. The highest BCUT2D eigenvalue weighted by Crippen LogP contribution is 2.29. The molecule has 1 fully saturated rings. The Morgan fingerprint density at radius 2 is 2.14 bits per heavy atom. The van der Waals surface area contributed by atoms with E-state index in [-0.39, 0.29) is 36.4 Å². The van der Waals surface area contributed by atoms with E-state index < -0.39 is 0 Å². The standard InChI is InChI=1S/C22H21FN4O2/c23-16-7-3-6-15(11-16)21-22(17-8-1-2-10-24-17)27-19(26-21)13-25-20(29)12-14-5-4-9-18(14)28/h1-3,6-8,10-11,14H,4-5,9,12-13H2,(H,25,29)(H,26,27)/t14-/m0/s1. The molecule has 0 radical (unpaired) electrons. The summed E-state index contributed by atoms with van der Waals surface area (Å²) in [4.78, 5) is 36.1. The molecule has 0 bridgehead atoms. The highest BCUT2D eigenvalue weighted by atomic mass is 19.1. The van der Waals surface area contributed by atoms with Gasteiger partial charge >= 0.3 is 0 Å². The van der Waals surface area contributed by atoms with Crippen molar-refractivity contribution < 1.29 is 14.0 Å². The maximum absolute atomic E-state index is 13.7. The van der Waals surface area contributed by atoms with Crippen LogP contribution in [-0.2, 0) is 16.1 Å². The SMILES string of the molecule is O=C(C[C@@H]1CCCC1=O)NCc1nc(-c2cccc(F)c2)c(-c2ccccn2)[nH]1. The Hall–Kier alpha value is -3.35. The molecule has 2 N–H and O–H groups in total. The maximum atomic E-state index is 13.7. The van der Waals surface area contributed by atoms with Gasteiger partial charge in [0.1, 0.15) is 17.4 Å². The number of Topliss-reactive ketones (excluding diaryl/α,β-unsaturated/α-hetero) is 1. The minimum atomic E-state index is -0.353. The molecule has 0 spiro atoms. The third-order valence-corrected chi connectivity index (χ3v) is 5.09. The van der Waals surface area contributed by atoms with Crippen molar-refractivity contribution in [2.75, 3.05) is 0 Å². The number of aromatic nitrogens is 3. The third kappa shape index (κ3) is 4.39. The molecule has 0 saturated heterocycles. The van der Waals surface area contributed by atoms with Gasteiger partial charge in [0, 0.05) is 30.5 Å². The number of hydrogen-bond donors (Lipinski definition) is 2. The molecule has 2 heterocycles. The number of nitrogens with zero attached hydrogens (tertiary/aromatic N) is 2. The van der Waals surface area contributed by atoms with Crippen molar-refractivity contribution in [2.24, 2.45) is 5.92 Å². The number of aromatic amines is 1. The molecule has 1 saturated carbocycles. The second-order valence-electron chi connectivity index (χ2n) is 7.17. The van der Waals surface area contributed by atoms with E-state index in [1.807, 2.05) is 18.2 Å². The minimum absolute atomic E-state index is 0.168. The van der Waals surface area contributed by atoms with Crippen molar-refractivity contribution in [1.82, 2.24) is 20.3 Å². The third-order valence-electron chi connectivity index (χ3n) is 5.09. The number of nitrogens with one attached hydrogen (secondary N) is 2. The molecule has 1 atom stereocenters. The van der Waals surface area contributed by atoms with Crippen molar-refractivity contribution in [3.8, 4) is 22.6 Å². The van der Waals surface area contributed by atoms with Crippen LogP contribution in [0.15, 0.2) is 48.7 Å². The normalized spacial score (nSPS) is 16.2. The molecule has 2 aromatic heterocycles. The molecular weight excluding hydrogens is 371 g/mol. The summed E-state index contributed by atoms with van der Waals surface area (Å²) < 4.78 is 13.7. The van der Waals surface area contributed by atoms with E-state index in [0.29, 0.717) is 34.9 Å². The van der Waals surface area contributed by atoms with Crippen LogP contribution in [-0.4, -0.2) is 26.6 Å². The molecule has 1 aromatic carbocycles. The lowest BCUT2D eigenvalue weighted by molar-refractivity contribution is -0.127. The first-order chi connectivity index (χ1) is 14.1. The van der Waals surface area contributed by atoms with Crippen molar-refractivity contribution in [3.63, 3.8) is 0 Å². The van der Waals surface area contributed by atoms with Gasteiger partial charge in [-0.2, -0.15) is 0 Å². The quantitative estimate of drug-likeness (QED) is 0.670. The zero-order valence-corrected chi connectivity index (χ0v) is 15.8. The number of amides is 1. The van der Waals surface area contributed by atoms with Crippen LogP contribution in [0.25, 0.3) is 22.6 Å². The van der Waals surface area contributed by atoms with Gasteiger partial charge in [0.05, 0.1) is 23.6 Å². The van der Waals surface area contributed by atoms with Crippen molar-refractivity contribution in [2.45, 2.75) is 32.2 Å². The summed E-state index contributed by atoms with van der Waals surface area (Å²) in [6, 6.07) is 11.7. The fourth-order valence-corrected chi connectivity index (χ4v) is 3.63. The zero-order chi connectivity index (χ0) is 20.2. The van der Waals surface area contributed by atoms with E-state index in [4.69, 9.17) is 0 Å². The van der Waals surface area contributed by atoms with Crippen LogP contribution in [0, 0.1) is 11.7 Å². The number of ketones is 1. The van der Waals surface area contributed by atoms with Gasteiger partial charge < -0.3 is 10.3 Å². The highest BCUT2D eigenvalue weighted by Gasteiger charge is 2.26. The van der Waals surface area contributed by atoms with Gasteiger partial charge in [-0.05, 0) is 37.1 Å². The summed E-state index contributed by atoms with van der Waals surface area (Å²) in [5, 5.41) is 2.82. The summed E-state index contributed by atoms with van der Waals surface area (Å²) in [7, 11) is 0. The zero-order valence-electron chi connectivity index (χ0n) is 15.8. The molecule has 4 rings (SSSR count). The van der Waals surface area contributed by atoms with Crippen molar-refractivity contribution in [3.05, 3.63) is 60.3 Å². The number of imidazole rings is 1. The molecule has 1 aliphatic rings. The van der Waals surface area contributed by atoms with E-state index in [2.05, 4.69) is 20.3 Å². The lowest BCUT2D eigenvalue weighted by Gasteiger charge is -2.07. The lowest BCUT2D eigenvalue weighted by atomic mass is 10.0. The van der Waals surface area contributed by atoms with Gasteiger partial charge in [-0.25, -0.2) is 9.37 Å². The molecule has 0 unspecified atom stereocenters. The second-order valence-corrected chi connectivity index (χ2v) is 7.17. The van der Waals surface area contributed by atoms with Gasteiger partial charge in [-0.3, -0.25) is 14.6 Å². The Bertz CT molecular complexity index is 1030. The van der Waals surface area contributed by atoms with Crippen LogP contribution < -0.4 is 5.32 Å². The van der Waals surface area contributed by atoms with Gasteiger partial charge in [0.2, 0.25) is 5.91 Å². The van der Waals surface area contributed by atoms with Gasteiger partial charge in [-0.1, -0.05) is 18.2 Å². The summed E-state index contributed by atoms with van der Waals surface area (Å²) in [5.41, 5.74) is 2.52. The largest absolute Gasteiger partial charge is 0.349 e. The first-order valence-electron chi connectivity index (χ1n) is 9.66. The fourth-order valence-electron chi connectivity index (χ4n) is 3.63. The van der Waals surface area contributed by atoms with Gasteiger partial charge in [0.15, 0.2) is 0 Å². The topological polar surface area (TPSA) is 87.7 Å². The number of carbonyl (C=O) groups excluding carboxylic acids is 2. The number of halogens is 1. The van der Waals surface area contributed by atoms with E-state index in [0.717, 1.165) is 12.8 Å². The van der Waals surface area contributed by atoms with Crippen LogP contribution in [0.3, 0.4) is 0 Å². The molecule has 1 aliphatic carbocycles. The van der Waals surface area contributed by atoms with E-state index in [9.17, 15) is 14.0 Å². The van der Waals surface area contributed by atoms with Crippen molar-refractivity contribution >= 4 is 11.7 Å². The molecule has 0 aliphatic heterocycles. The van der Waals surface area contributed by atoms with Crippen molar-refractivity contribution in [1.29, 1.82) is 0 Å². The smallest absolute Gasteiger partial charge is 0.221 e. The molecular formula is C22H21FN4O2. The summed E-state index contributed by atoms with van der Waals surface area (Å²) in [6.45, 7) is 0.189. The highest BCUT2D eigenvalue weighted by molar-refractivity contribution is 5.88. The van der Waals surface area contributed by atoms with Gasteiger partial charge in [0.25, 0.3) is 0 Å². The van der Waals surface area contributed by atoms with Crippen LogP contribution in [0.5, 0.6) is 0 Å². The maximum Gasteiger partial charge on any atom is 0.221 e. The molecule has 148 valence electrons. The molecule has 1 amide bonds. The van der Waals surface area contributed by atoms with Crippen LogP contribution in [0.2, 0.25) is 0 Å². The number of pyridine rings is 1. The number of rotatable bonds is 6. The Morgan fingerprint density at radius 1 is 1.24 bits per heavy atom. The first-order valence-corrected chi connectivity index (χ1v) is 9.66. The van der Waals surface area contributed by atoms with E-state index in [1.54, 1.807) is 18.3 Å². The molecule has 29 heavy (non-hydrogen) atoms. The Morgan fingerprint density at radius 3 is 2.86 bits per heavy atom. The Balaban J connectivity index is 1.55. The lowest BCUT2D eigenvalue weighted by Crippen LogP contribution is -2.26. The van der Waals surface area contributed by atoms with Gasteiger partial charge in [-0.15, -0.1) is 0 Å². The predicted octanol–water partition coefficient (Wildman–Crippen LogP) is 3.65. The fraction of sp³-hybridized carbons (Fsp3) is 0.273. The van der Waals surface area contributed by atoms with Crippen LogP contribution in [0.1, 0.15) is 31.5 Å². The number of carbonyl (C=O) groups is 2. The summed E-state index contributed by atoms with van der Waals surface area (Å²) in [5.74, 6) is 0.0143. The average molecular weight is 392 g/mol. The Labute approximate surface area is 167 Å². The Kier molecular flexibility index (Phi) is 5.46. The molecule has 6 nitrogen and oxygen atoms in total. The summed E-state index contributed by atoms with van der Waals surface area (Å²) in [6.07, 6.45) is 4.09. The van der Waals surface area contributed by atoms with E-state index in [1.165, 1.54) is 12.1 Å². The molecule has 3 aromatic rings. The second kappa shape index (κ2) is 8.34. The number of benzene rings is 1. The van der Waals surface area contributed by atoms with E-state index >= 15 is 0 Å². The minimum Gasteiger partial charge on any atom is -0.349 e. The summed E-state index contributed by atoms with van der Waals surface area (Å²) >= 11 is 0. The molecule has 7 heteroatoms.